The predicted octanol–water partition coefficient (Wildman–Crippen LogP) is 1.65. The van der Waals surface area contributed by atoms with Gasteiger partial charge in [-0.2, -0.15) is 0 Å². The van der Waals surface area contributed by atoms with Crippen LogP contribution in [0.3, 0.4) is 0 Å². The topological polar surface area (TPSA) is 64.8 Å². The smallest absolute Gasteiger partial charge is 0.296 e. The van der Waals surface area contributed by atoms with E-state index in [0.29, 0.717) is 11.8 Å². The highest BCUT2D eigenvalue weighted by Gasteiger charge is 2.42. The lowest BCUT2D eigenvalue weighted by molar-refractivity contribution is 0.395. The van der Waals surface area contributed by atoms with E-state index in [2.05, 4.69) is 10.2 Å². The molecule has 0 amide bonds. The van der Waals surface area contributed by atoms with Crippen molar-refractivity contribution >= 4 is 19.7 Å². The van der Waals surface area contributed by atoms with Crippen LogP contribution in [0.1, 0.15) is 37.4 Å². The van der Waals surface area contributed by atoms with Crippen molar-refractivity contribution < 1.29 is 8.42 Å². The third-order valence-corrected chi connectivity index (χ3v) is 5.36. The summed E-state index contributed by atoms with van der Waals surface area (Å²) in [5, 5.41) is 7.60. The van der Waals surface area contributed by atoms with Gasteiger partial charge in [0.2, 0.25) is 0 Å². The molecule has 2 fully saturated rings. The Morgan fingerprint density at radius 2 is 2.06 bits per heavy atom. The summed E-state index contributed by atoms with van der Waals surface area (Å²) >= 11 is 0. The third kappa shape index (κ3) is 1.78. The molecule has 1 aromatic rings. The molecule has 3 unspecified atom stereocenters. The molecule has 17 heavy (non-hydrogen) atoms. The van der Waals surface area contributed by atoms with Crippen LogP contribution in [0.5, 0.6) is 0 Å². The molecule has 2 aliphatic rings. The van der Waals surface area contributed by atoms with Crippen molar-refractivity contribution in [3.63, 3.8) is 0 Å². The van der Waals surface area contributed by atoms with Gasteiger partial charge >= 0.3 is 0 Å². The lowest BCUT2D eigenvalue weighted by Crippen LogP contribution is -2.14. The monoisotopic (exact) mass is 275 g/mol. The Balaban J connectivity index is 1.98. The van der Waals surface area contributed by atoms with E-state index in [9.17, 15) is 8.42 Å². The molecule has 5 nitrogen and oxygen atoms in total. The van der Waals surface area contributed by atoms with Crippen molar-refractivity contribution in [2.75, 3.05) is 0 Å². The van der Waals surface area contributed by atoms with Gasteiger partial charge in [-0.1, -0.05) is 6.42 Å². The molecule has 2 bridgehead atoms. The quantitative estimate of drug-likeness (QED) is 0.770. The molecule has 3 atom stereocenters. The second-order valence-electron chi connectivity index (χ2n) is 5.12. The van der Waals surface area contributed by atoms with E-state index >= 15 is 0 Å². The molecule has 1 aromatic heterocycles. The summed E-state index contributed by atoms with van der Waals surface area (Å²) in [5.74, 6) is 2.57. The maximum Gasteiger partial charge on any atom is 0.296 e. The largest absolute Gasteiger partial charge is 0.304 e. The summed E-state index contributed by atoms with van der Waals surface area (Å²) in [6.07, 6.45) is 4.89. The van der Waals surface area contributed by atoms with Gasteiger partial charge in [0.15, 0.2) is 0 Å². The number of nitrogens with zero attached hydrogens (tertiary/aromatic N) is 3. The van der Waals surface area contributed by atoms with Crippen molar-refractivity contribution in [2.24, 2.45) is 18.9 Å². The van der Waals surface area contributed by atoms with Crippen LogP contribution in [0.15, 0.2) is 5.16 Å². The van der Waals surface area contributed by atoms with E-state index in [-0.39, 0.29) is 5.16 Å². The van der Waals surface area contributed by atoms with E-state index in [1.807, 2.05) is 0 Å². The average Bonchev–Trinajstić information content (AvgIpc) is 2.88. The van der Waals surface area contributed by atoms with Crippen LogP contribution in [-0.2, 0) is 16.1 Å². The Kier molecular flexibility index (Phi) is 2.49. The van der Waals surface area contributed by atoms with Crippen molar-refractivity contribution in [1.29, 1.82) is 0 Å². The molecule has 2 saturated carbocycles. The van der Waals surface area contributed by atoms with Gasteiger partial charge in [0, 0.05) is 23.6 Å². The number of hydrogen-bond acceptors (Lipinski definition) is 4. The average molecular weight is 276 g/mol. The first-order valence-corrected chi connectivity index (χ1v) is 8.11. The fourth-order valence-corrected chi connectivity index (χ4v) is 4.38. The molecule has 3 rings (SSSR count). The zero-order chi connectivity index (χ0) is 12.2. The summed E-state index contributed by atoms with van der Waals surface area (Å²) in [6.45, 7) is 0. The molecule has 0 aliphatic heterocycles. The number of rotatable bonds is 2. The minimum Gasteiger partial charge on any atom is -0.304 e. The van der Waals surface area contributed by atoms with E-state index in [1.165, 1.54) is 23.8 Å². The summed E-state index contributed by atoms with van der Waals surface area (Å²) in [5.41, 5.74) is 0. The minimum absolute atomic E-state index is 0.142. The Bertz CT molecular complexity index is 554. The number of halogens is 1. The van der Waals surface area contributed by atoms with Gasteiger partial charge in [-0.05, 0) is 31.1 Å². The van der Waals surface area contributed by atoms with Gasteiger partial charge < -0.3 is 4.57 Å². The standard InChI is InChI=1S/C10H14ClN3O2S/c1-14-9(12-13-10(14)17(11,15)16)8-5-6-2-3-7(8)4-6/h6-8H,2-5H2,1H3. The van der Waals surface area contributed by atoms with Gasteiger partial charge in [0.05, 0.1) is 0 Å². The van der Waals surface area contributed by atoms with Crippen LogP contribution in [-0.4, -0.2) is 23.2 Å². The van der Waals surface area contributed by atoms with E-state index in [0.717, 1.165) is 18.2 Å². The molecule has 94 valence electrons. The molecular formula is C10H14ClN3O2S. The molecule has 0 saturated heterocycles. The Labute approximate surface area is 105 Å². The zero-order valence-corrected chi connectivity index (χ0v) is 11.1. The van der Waals surface area contributed by atoms with Crippen LogP contribution in [0.4, 0.5) is 0 Å². The predicted molar refractivity (Wildman–Crippen MR) is 62.2 cm³/mol. The maximum atomic E-state index is 11.3. The van der Waals surface area contributed by atoms with E-state index in [4.69, 9.17) is 10.7 Å². The van der Waals surface area contributed by atoms with E-state index < -0.39 is 9.05 Å². The Hall–Kier alpha value is -0.620. The molecule has 0 N–H and O–H groups in total. The summed E-state index contributed by atoms with van der Waals surface area (Å²) in [7, 11) is 3.20. The highest BCUT2D eigenvalue weighted by molar-refractivity contribution is 8.13. The first-order valence-electron chi connectivity index (χ1n) is 5.80. The van der Waals surface area contributed by atoms with Crippen LogP contribution in [0.25, 0.3) is 0 Å². The van der Waals surface area contributed by atoms with Crippen LogP contribution < -0.4 is 0 Å². The molecule has 1 heterocycles. The van der Waals surface area contributed by atoms with Crippen molar-refractivity contribution in [1.82, 2.24) is 14.8 Å². The van der Waals surface area contributed by atoms with Gasteiger partial charge in [-0.3, -0.25) is 0 Å². The molecule has 0 radical (unpaired) electrons. The fourth-order valence-electron chi connectivity index (χ4n) is 3.42. The first kappa shape index (κ1) is 11.5. The zero-order valence-electron chi connectivity index (χ0n) is 9.50. The number of fused-ring (bicyclic) bond motifs is 2. The lowest BCUT2D eigenvalue weighted by atomic mass is 9.88. The minimum atomic E-state index is -3.79. The highest BCUT2D eigenvalue weighted by atomic mass is 35.7. The van der Waals surface area contributed by atoms with Crippen molar-refractivity contribution in [3.8, 4) is 0 Å². The van der Waals surface area contributed by atoms with Gasteiger partial charge in [0.25, 0.3) is 14.2 Å². The highest BCUT2D eigenvalue weighted by Crippen LogP contribution is 2.52. The van der Waals surface area contributed by atoms with Crippen molar-refractivity contribution in [3.05, 3.63) is 5.82 Å². The van der Waals surface area contributed by atoms with Gasteiger partial charge in [-0.25, -0.2) is 8.42 Å². The van der Waals surface area contributed by atoms with Crippen LogP contribution in [0, 0.1) is 11.8 Å². The second kappa shape index (κ2) is 3.68. The molecule has 2 aliphatic carbocycles. The molecule has 7 heteroatoms. The molecule has 0 spiro atoms. The summed E-state index contributed by atoms with van der Waals surface area (Å²) < 4.78 is 24.1. The first-order chi connectivity index (χ1) is 7.97. The Morgan fingerprint density at radius 3 is 2.53 bits per heavy atom. The molecule has 0 aromatic carbocycles. The maximum absolute atomic E-state index is 11.3. The van der Waals surface area contributed by atoms with E-state index in [1.54, 1.807) is 7.05 Å². The summed E-state index contributed by atoms with van der Waals surface area (Å²) in [4.78, 5) is 0. The normalized spacial score (nSPS) is 32.2. The van der Waals surface area contributed by atoms with Gasteiger partial charge in [-0.15, -0.1) is 10.2 Å². The van der Waals surface area contributed by atoms with Crippen molar-refractivity contribution in [2.45, 2.75) is 36.8 Å². The number of hydrogen-bond donors (Lipinski definition) is 0. The third-order valence-electron chi connectivity index (χ3n) is 4.16. The fraction of sp³-hybridized carbons (Fsp3) is 0.800. The second-order valence-corrected chi connectivity index (χ2v) is 7.58. The molecular weight excluding hydrogens is 262 g/mol. The van der Waals surface area contributed by atoms with Crippen LogP contribution >= 0.6 is 10.7 Å². The lowest BCUT2D eigenvalue weighted by Gasteiger charge is -2.20. The summed E-state index contributed by atoms with van der Waals surface area (Å²) in [6, 6.07) is 0. The number of aromatic nitrogens is 3. The SMILES string of the molecule is Cn1c(C2CC3CCC2C3)nnc1S(=O)(=O)Cl. The van der Waals surface area contributed by atoms with Gasteiger partial charge in [0.1, 0.15) is 5.82 Å². The van der Waals surface area contributed by atoms with Crippen LogP contribution in [0.2, 0.25) is 0 Å². The Morgan fingerprint density at radius 1 is 1.29 bits per heavy atom.